The highest BCUT2D eigenvalue weighted by Crippen LogP contribution is 2.25. The van der Waals surface area contributed by atoms with Gasteiger partial charge in [0.15, 0.2) is 9.84 Å². The van der Waals surface area contributed by atoms with E-state index in [2.05, 4.69) is 10.3 Å². The largest absolute Gasteiger partial charge is 0.352 e. The fourth-order valence-electron chi connectivity index (χ4n) is 3.98. The summed E-state index contributed by atoms with van der Waals surface area (Å²) in [5.74, 6) is -1.19. The number of hydrogen-bond donors (Lipinski definition) is 1. The molecule has 1 aliphatic heterocycles. The van der Waals surface area contributed by atoms with E-state index in [1.165, 1.54) is 24.0 Å². The lowest BCUT2D eigenvalue weighted by atomic mass is 9.99. The predicted octanol–water partition coefficient (Wildman–Crippen LogP) is 2.00. The first-order valence-electron chi connectivity index (χ1n) is 11.1. The number of halogens is 2. The SMILES string of the molecule is CC1(F)CN(C(=O)Cn2c(=O)c(C(=O)NCCc3ccc(Cl)cc3)cc3cc(S(C)(=O)=O)cnc32)C1. The lowest BCUT2D eigenvalue weighted by Gasteiger charge is -2.42. The molecule has 0 radical (unpaired) electrons. The van der Waals surface area contributed by atoms with E-state index in [1.54, 1.807) is 12.1 Å². The monoisotopic (exact) mass is 534 g/mol. The molecular weight excluding hydrogens is 511 g/mol. The van der Waals surface area contributed by atoms with Crippen molar-refractivity contribution in [2.24, 2.45) is 0 Å². The number of carbonyl (C=O) groups is 2. The first-order valence-corrected chi connectivity index (χ1v) is 13.3. The number of carbonyl (C=O) groups excluding carboxylic acids is 2. The van der Waals surface area contributed by atoms with Crippen LogP contribution < -0.4 is 10.9 Å². The second kappa shape index (κ2) is 9.62. The molecule has 1 fully saturated rings. The number of amides is 2. The van der Waals surface area contributed by atoms with E-state index in [0.29, 0.717) is 11.4 Å². The van der Waals surface area contributed by atoms with Crippen LogP contribution >= 0.6 is 11.6 Å². The molecule has 0 atom stereocenters. The Bertz CT molecular complexity index is 1510. The zero-order valence-electron chi connectivity index (χ0n) is 19.6. The number of pyridine rings is 2. The molecule has 4 rings (SSSR count). The molecule has 0 bridgehead atoms. The molecule has 1 N–H and O–H groups in total. The lowest BCUT2D eigenvalue weighted by Crippen LogP contribution is -2.60. The van der Waals surface area contributed by atoms with Crippen LogP contribution in [0, 0.1) is 0 Å². The minimum absolute atomic E-state index is 0.0435. The predicted molar refractivity (Wildman–Crippen MR) is 133 cm³/mol. The molecule has 0 saturated carbocycles. The fraction of sp³-hybridized carbons (Fsp3) is 0.333. The Kier molecular flexibility index (Phi) is 6.89. The molecule has 190 valence electrons. The summed E-state index contributed by atoms with van der Waals surface area (Å²) in [6.45, 7) is 0.926. The van der Waals surface area contributed by atoms with Crippen LogP contribution in [-0.4, -0.2) is 66.2 Å². The molecule has 36 heavy (non-hydrogen) atoms. The number of nitrogens with zero attached hydrogens (tertiary/aromatic N) is 3. The maximum Gasteiger partial charge on any atom is 0.265 e. The van der Waals surface area contributed by atoms with Crippen molar-refractivity contribution < 1.29 is 22.4 Å². The number of aromatic nitrogens is 2. The molecule has 1 aromatic carbocycles. The van der Waals surface area contributed by atoms with E-state index in [0.717, 1.165) is 22.6 Å². The molecule has 1 aliphatic rings. The fourth-order valence-corrected chi connectivity index (χ4v) is 4.70. The Morgan fingerprint density at radius 1 is 1.19 bits per heavy atom. The van der Waals surface area contributed by atoms with Crippen LogP contribution in [0.15, 0.2) is 52.3 Å². The zero-order chi connectivity index (χ0) is 26.3. The quantitative estimate of drug-likeness (QED) is 0.495. The van der Waals surface area contributed by atoms with Crippen molar-refractivity contribution in [2.75, 3.05) is 25.9 Å². The van der Waals surface area contributed by atoms with Gasteiger partial charge in [-0.25, -0.2) is 17.8 Å². The summed E-state index contributed by atoms with van der Waals surface area (Å²) in [6.07, 6.45) is 2.59. The van der Waals surface area contributed by atoms with Crippen molar-refractivity contribution in [3.8, 4) is 0 Å². The van der Waals surface area contributed by atoms with Crippen LogP contribution in [0.2, 0.25) is 5.02 Å². The van der Waals surface area contributed by atoms with Gasteiger partial charge in [0.25, 0.3) is 11.5 Å². The lowest BCUT2D eigenvalue weighted by molar-refractivity contribution is -0.144. The Labute approximate surface area is 211 Å². The standard InChI is InChI=1S/C24H24ClFN4O5S/c1-24(26)13-29(14-24)20(31)12-30-21-16(9-18(11-28-21)36(2,34)35)10-19(23(30)33)22(32)27-8-7-15-3-5-17(25)6-4-15/h3-6,9-11H,7-8,12-14H2,1-2H3,(H,27,32). The van der Waals surface area contributed by atoms with Crippen LogP contribution in [0.3, 0.4) is 0 Å². The first-order chi connectivity index (χ1) is 16.8. The van der Waals surface area contributed by atoms with Crippen LogP contribution in [0.4, 0.5) is 4.39 Å². The number of likely N-dealkylation sites (tertiary alicyclic amines) is 1. The zero-order valence-corrected chi connectivity index (χ0v) is 21.2. The number of fused-ring (bicyclic) bond motifs is 1. The third kappa shape index (κ3) is 5.57. The van der Waals surface area contributed by atoms with Crippen molar-refractivity contribution in [1.29, 1.82) is 0 Å². The summed E-state index contributed by atoms with van der Waals surface area (Å²) in [6, 6.07) is 9.66. The summed E-state index contributed by atoms with van der Waals surface area (Å²) in [5.41, 5.74) is -1.54. The van der Waals surface area contributed by atoms with Gasteiger partial charge in [0.05, 0.1) is 18.0 Å². The third-order valence-electron chi connectivity index (χ3n) is 5.87. The van der Waals surface area contributed by atoms with Crippen molar-refractivity contribution >= 4 is 44.3 Å². The Balaban J connectivity index is 1.65. The number of nitrogens with one attached hydrogen (secondary N) is 1. The number of benzene rings is 1. The Morgan fingerprint density at radius 2 is 1.86 bits per heavy atom. The number of hydrogen-bond acceptors (Lipinski definition) is 6. The first kappa shape index (κ1) is 25.8. The van der Waals surface area contributed by atoms with E-state index in [9.17, 15) is 27.2 Å². The van der Waals surface area contributed by atoms with E-state index >= 15 is 0 Å². The average molecular weight is 535 g/mol. The molecule has 12 heteroatoms. The second-order valence-electron chi connectivity index (χ2n) is 9.10. The molecular formula is C24H24ClFN4O5S. The Morgan fingerprint density at radius 3 is 2.47 bits per heavy atom. The van der Waals surface area contributed by atoms with Gasteiger partial charge in [0.1, 0.15) is 23.4 Å². The minimum Gasteiger partial charge on any atom is -0.352 e. The maximum absolute atomic E-state index is 13.9. The molecule has 2 aromatic heterocycles. The van der Waals surface area contributed by atoms with Crippen LogP contribution in [0.1, 0.15) is 22.8 Å². The summed E-state index contributed by atoms with van der Waals surface area (Å²) in [7, 11) is -3.62. The highest BCUT2D eigenvalue weighted by molar-refractivity contribution is 7.90. The van der Waals surface area contributed by atoms with E-state index in [4.69, 9.17) is 11.6 Å². The number of alkyl halides is 1. The molecule has 9 nitrogen and oxygen atoms in total. The molecule has 2 amide bonds. The van der Waals surface area contributed by atoms with Crippen molar-refractivity contribution in [2.45, 2.75) is 30.5 Å². The third-order valence-corrected chi connectivity index (χ3v) is 7.21. The van der Waals surface area contributed by atoms with Gasteiger partial charge in [-0.05, 0) is 43.2 Å². The van der Waals surface area contributed by atoms with Gasteiger partial charge in [0, 0.05) is 29.4 Å². The van der Waals surface area contributed by atoms with Gasteiger partial charge in [-0.15, -0.1) is 0 Å². The van der Waals surface area contributed by atoms with Gasteiger partial charge in [-0.1, -0.05) is 23.7 Å². The summed E-state index contributed by atoms with van der Waals surface area (Å²) < 4.78 is 39.0. The van der Waals surface area contributed by atoms with Crippen LogP contribution in [0.25, 0.3) is 11.0 Å². The molecule has 3 aromatic rings. The number of sulfone groups is 1. The second-order valence-corrected chi connectivity index (χ2v) is 11.6. The van der Waals surface area contributed by atoms with Gasteiger partial charge in [0.2, 0.25) is 5.91 Å². The maximum atomic E-state index is 13.9. The minimum atomic E-state index is -3.62. The molecule has 1 saturated heterocycles. The van der Waals surface area contributed by atoms with Crippen LogP contribution in [-0.2, 0) is 27.6 Å². The van der Waals surface area contributed by atoms with E-state index < -0.39 is 39.4 Å². The van der Waals surface area contributed by atoms with Gasteiger partial charge in [-0.3, -0.25) is 19.0 Å². The van der Waals surface area contributed by atoms with Gasteiger partial charge in [-0.2, -0.15) is 0 Å². The van der Waals surface area contributed by atoms with Gasteiger partial charge < -0.3 is 10.2 Å². The van der Waals surface area contributed by atoms with Crippen molar-refractivity contribution in [3.63, 3.8) is 0 Å². The smallest absolute Gasteiger partial charge is 0.265 e. The molecule has 0 spiro atoms. The topological polar surface area (TPSA) is 118 Å². The van der Waals surface area contributed by atoms with Crippen molar-refractivity contribution in [1.82, 2.24) is 19.8 Å². The summed E-state index contributed by atoms with van der Waals surface area (Å²) in [4.78, 5) is 44.2. The Hall–Kier alpha value is -3.31. The normalized spacial score (nSPS) is 14.9. The summed E-state index contributed by atoms with van der Waals surface area (Å²) in [5, 5.41) is 3.47. The highest BCUT2D eigenvalue weighted by atomic mass is 35.5. The van der Waals surface area contributed by atoms with Crippen molar-refractivity contribution in [3.05, 3.63) is 69.1 Å². The average Bonchev–Trinajstić information content (AvgIpc) is 2.79. The molecule has 0 unspecified atom stereocenters. The molecule has 3 heterocycles. The van der Waals surface area contributed by atoms with E-state index in [-0.39, 0.29) is 41.1 Å². The van der Waals surface area contributed by atoms with Gasteiger partial charge >= 0.3 is 0 Å². The van der Waals surface area contributed by atoms with E-state index in [1.807, 2.05) is 12.1 Å². The summed E-state index contributed by atoms with van der Waals surface area (Å²) >= 11 is 5.88. The number of rotatable bonds is 7. The van der Waals surface area contributed by atoms with Crippen LogP contribution in [0.5, 0.6) is 0 Å². The highest BCUT2D eigenvalue weighted by Gasteiger charge is 2.41. The molecule has 0 aliphatic carbocycles.